The maximum Gasteiger partial charge on any atom is 0.217 e. The van der Waals surface area contributed by atoms with Gasteiger partial charge in [-0.15, -0.1) is 0 Å². The van der Waals surface area contributed by atoms with Crippen molar-refractivity contribution in [3.63, 3.8) is 0 Å². The molecular formula is C51H99NO14S. The van der Waals surface area contributed by atoms with Crippen molar-refractivity contribution in [2.45, 2.75) is 255 Å². The molecule has 16 heteroatoms. The Morgan fingerprint density at radius 3 is 1.49 bits per heavy atom. The van der Waals surface area contributed by atoms with Crippen molar-refractivity contribution >= 4 is 11.2 Å². The van der Waals surface area contributed by atoms with Crippen molar-refractivity contribution in [1.29, 1.82) is 0 Å². The molecule has 2 saturated heterocycles. The van der Waals surface area contributed by atoms with Gasteiger partial charge in [0, 0.05) is 26.3 Å². The molecular weight excluding hydrogens is 883 g/mol. The van der Waals surface area contributed by atoms with E-state index in [-0.39, 0.29) is 13.1 Å². The highest BCUT2D eigenvalue weighted by Crippen LogP contribution is 2.40. The highest BCUT2D eigenvalue weighted by atomic mass is 32.3. The summed E-state index contributed by atoms with van der Waals surface area (Å²) in [5.41, 5.74) is 0. The predicted molar refractivity (Wildman–Crippen MR) is 267 cm³/mol. The van der Waals surface area contributed by atoms with Crippen LogP contribution < -0.4 is 0 Å². The van der Waals surface area contributed by atoms with Crippen LogP contribution in [0.4, 0.5) is 0 Å². The number of hydrogen-bond donors (Lipinski definition) is 9. The lowest BCUT2D eigenvalue weighted by atomic mass is 9.93. The Balaban J connectivity index is 1.84. The molecule has 0 bridgehead atoms. The summed E-state index contributed by atoms with van der Waals surface area (Å²) in [4.78, 5) is 1.74. The molecule has 2 heterocycles. The van der Waals surface area contributed by atoms with E-state index in [4.69, 9.17) is 18.9 Å². The van der Waals surface area contributed by atoms with Crippen LogP contribution in [0.2, 0.25) is 0 Å². The summed E-state index contributed by atoms with van der Waals surface area (Å²) in [6.07, 6.45) is 30.1. The molecule has 0 aromatic carbocycles. The van der Waals surface area contributed by atoms with Crippen molar-refractivity contribution in [1.82, 2.24) is 4.90 Å². The number of ether oxygens (including phenoxy) is 4. The molecule has 2 aliphatic rings. The molecule has 0 aromatic rings. The summed E-state index contributed by atoms with van der Waals surface area (Å²) in [5, 5.41) is 64.3. The minimum atomic E-state index is -4.65. The van der Waals surface area contributed by atoms with E-state index in [1.165, 1.54) is 128 Å². The van der Waals surface area contributed by atoms with Gasteiger partial charge in [0.15, 0.2) is 6.29 Å². The second kappa shape index (κ2) is 39.8. The van der Waals surface area contributed by atoms with Crippen LogP contribution >= 0.6 is 11.2 Å². The number of allylic oxidation sites excluding steroid dienone is 4. The highest BCUT2D eigenvalue weighted by Gasteiger charge is 2.51. The molecule has 0 saturated carbocycles. The SMILES string of the molecule is CCCCCCCC/C=C\CCCCCCCCOCC(CN1C[C@H](O)[C@@H](O[C@@H]2O[C@H](CO)[C@H](O)[C@H](OS(O)(O)O)[C@H]2O)[C@H](O)[C@H]1CO)OCCCCCCCC/C=C\CCCCCCCC. The van der Waals surface area contributed by atoms with Crippen LogP contribution in [0, 0.1) is 0 Å². The monoisotopic (exact) mass is 982 g/mol. The Morgan fingerprint density at radius 1 is 0.567 bits per heavy atom. The number of nitrogens with zero attached hydrogens (tertiary/aromatic N) is 1. The zero-order valence-corrected chi connectivity index (χ0v) is 42.6. The molecule has 67 heavy (non-hydrogen) atoms. The molecule has 0 amide bonds. The van der Waals surface area contributed by atoms with Gasteiger partial charge in [-0.3, -0.25) is 22.7 Å². The lowest BCUT2D eigenvalue weighted by Crippen LogP contribution is -2.67. The van der Waals surface area contributed by atoms with Gasteiger partial charge in [0.2, 0.25) is 11.2 Å². The van der Waals surface area contributed by atoms with Gasteiger partial charge in [-0.1, -0.05) is 154 Å². The third-order valence-electron chi connectivity index (χ3n) is 13.1. The molecule has 2 fully saturated rings. The van der Waals surface area contributed by atoms with Gasteiger partial charge in [-0.2, -0.15) is 0 Å². The van der Waals surface area contributed by atoms with Crippen LogP contribution in [0.1, 0.15) is 194 Å². The van der Waals surface area contributed by atoms with E-state index in [2.05, 4.69) is 42.3 Å². The van der Waals surface area contributed by atoms with Gasteiger partial charge < -0.3 is 49.6 Å². The first kappa shape index (κ1) is 62.3. The quantitative estimate of drug-likeness (QED) is 0.0205. The number of piperidine rings is 1. The summed E-state index contributed by atoms with van der Waals surface area (Å²) in [6, 6.07) is -0.919. The van der Waals surface area contributed by atoms with Crippen LogP contribution in [-0.4, -0.2) is 156 Å². The number of unbranched alkanes of at least 4 members (excludes halogenated alkanes) is 24. The minimum absolute atomic E-state index is 0.0536. The van der Waals surface area contributed by atoms with E-state index in [9.17, 15) is 44.3 Å². The molecule has 10 atom stereocenters. The second-order valence-corrected chi connectivity index (χ2v) is 20.2. The summed E-state index contributed by atoms with van der Waals surface area (Å²) in [5.74, 6) is 0. The molecule has 0 aromatic heterocycles. The molecule has 15 nitrogen and oxygen atoms in total. The van der Waals surface area contributed by atoms with Gasteiger partial charge in [0.05, 0.1) is 38.1 Å². The Labute approximate surface area is 407 Å². The summed E-state index contributed by atoms with van der Waals surface area (Å²) >= 11 is -4.65. The van der Waals surface area contributed by atoms with Crippen molar-refractivity contribution in [3.05, 3.63) is 24.3 Å². The zero-order valence-electron chi connectivity index (χ0n) is 41.8. The predicted octanol–water partition coefficient (Wildman–Crippen LogP) is 9.21. The maximum absolute atomic E-state index is 11.4. The van der Waals surface area contributed by atoms with Crippen LogP contribution in [0.15, 0.2) is 24.3 Å². The molecule has 2 aliphatic heterocycles. The summed E-state index contributed by atoms with van der Waals surface area (Å²) in [7, 11) is 0. The Hall–Kier alpha value is -0.770. The van der Waals surface area contributed by atoms with E-state index in [1.54, 1.807) is 4.90 Å². The molecule has 0 radical (unpaired) electrons. The van der Waals surface area contributed by atoms with Crippen LogP contribution in [-0.2, 0) is 23.1 Å². The average Bonchev–Trinajstić information content (AvgIpc) is 3.30. The number of likely N-dealkylation sites (tertiary alicyclic amines) is 1. The van der Waals surface area contributed by atoms with Crippen LogP contribution in [0.3, 0.4) is 0 Å². The van der Waals surface area contributed by atoms with Crippen molar-refractivity contribution in [3.8, 4) is 0 Å². The molecule has 9 N–H and O–H groups in total. The Kier molecular flexibility index (Phi) is 37.0. The largest absolute Gasteiger partial charge is 0.395 e. The third kappa shape index (κ3) is 28.8. The number of hydrogen-bond acceptors (Lipinski definition) is 15. The first-order valence-electron chi connectivity index (χ1n) is 26.6. The average molecular weight is 982 g/mol. The number of aliphatic hydroxyl groups is 6. The van der Waals surface area contributed by atoms with Crippen LogP contribution in [0.25, 0.3) is 0 Å². The Morgan fingerprint density at radius 2 is 1.03 bits per heavy atom. The number of aliphatic hydroxyl groups excluding tert-OH is 6. The molecule has 0 spiro atoms. The zero-order chi connectivity index (χ0) is 49.0. The van der Waals surface area contributed by atoms with E-state index in [1.807, 2.05) is 0 Å². The number of rotatable bonds is 43. The van der Waals surface area contributed by atoms with Crippen molar-refractivity contribution in [2.75, 3.05) is 46.1 Å². The van der Waals surface area contributed by atoms with E-state index in [0.29, 0.717) is 19.8 Å². The first-order chi connectivity index (χ1) is 32.5. The van der Waals surface area contributed by atoms with Crippen molar-refractivity contribution in [2.24, 2.45) is 0 Å². The van der Waals surface area contributed by atoms with Gasteiger partial charge in [-0.05, 0) is 64.2 Å². The summed E-state index contributed by atoms with van der Waals surface area (Å²) in [6.45, 7) is 4.81. The molecule has 398 valence electrons. The van der Waals surface area contributed by atoms with E-state index in [0.717, 1.165) is 51.4 Å². The lowest BCUT2D eigenvalue weighted by molar-refractivity contribution is -0.328. The molecule has 0 aliphatic carbocycles. The number of β-amino-alcohol motifs (C(OH)–C–C–N with tert-alkyl or cyclic N) is 1. The lowest BCUT2D eigenvalue weighted by Gasteiger charge is -2.48. The van der Waals surface area contributed by atoms with Gasteiger partial charge in [0.25, 0.3) is 0 Å². The third-order valence-corrected chi connectivity index (χ3v) is 13.6. The molecule has 1 unspecified atom stereocenters. The smallest absolute Gasteiger partial charge is 0.217 e. The summed E-state index contributed by atoms with van der Waals surface area (Å²) < 4.78 is 56.8. The minimum Gasteiger partial charge on any atom is -0.395 e. The fourth-order valence-corrected chi connectivity index (χ4v) is 9.54. The maximum atomic E-state index is 11.4. The van der Waals surface area contributed by atoms with Gasteiger partial charge in [-0.25, -0.2) is 0 Å². The van der Waals surface area contributed by atoms with Gasteiger partial charge in [0.1, 0.15) is 36.6 Å². The van der Waals surface area contributed by atoms with Crippen LogP contribution in [0.5, 0.6) is 0 Å². The normalized spacial score (nSPS) is 26.0. The fourth-order valence-electron chi connectivity index (χ4n) is 9.01. The first-order valence-corrected chi connectivity index (χ1v) is 28.1. The Bertz CT molecular complexity index is 1200. The fraction of sp³-hybridized carbons (Fsp3) is 0.922. The van der Waals surface area contributed by atoms with Crippen molar-refractivity contribution < 1.29 is 67.4 Å². The van der Waals surface area contributed by atoms with Gasteiger partial charge >= 0.3 is 0 Å². The van der Waals surface area contributed by atoms with E-state index < -0.39 is 85.5 Å². The molecule has 2 rings (SSSR count). The standard InChI is InChI=1S/C51H99NO14S/c1-3-5-7-9-11-13-15-17-19-21-23-25-27-29-31-33-35-62-41-42(63-36-34-32-30-28-26-24-22-20-18-16-14-12-10-8-6-4-2)37-52-38-44(55)49(46(56)43(52)39-53)65-51-48(58)50(66-67(59,60)61)47(57)45(40-54)64-51/h17-20,42-51,53-61H,3-16,21-41H2,1-2H3/b19-17-,20-18-/t42?,43-,44+,45-,46-,47+,48-,49-,50+,51+/m1/s1. The second-order valence-electron chi connectivity index (χ2n) is 19.0. The topological polar surface area (TPSA) is 231 Å². The highest BCUT2D eigenvalue weighted by molar-refractivity contribution is 8.15. The van der Waals surface area contributed by atoms with E-state index >= 15 is 0 Å².